The second-order valence-electron chi connectivity index (χ2n) is 12.1. The van der Waals surface area contributed by atoms with E-state index < -0.39 is 0 Å². The number of hydrogen-bond acceptors (Lipinski definition) is 1. The predicted octanol–water partition coefficient (Wildman–Crippen LogP) is 7.72. The first-order chi connectivity index (χ1) is 14.2. The molecular weight excluding hydrogens is 364 g/mol. The molecule has 1 nitrogen and oxygen atoms in total. The Labute approximate surface area is 186 Å². The van der Waals surface area contributed by atoms with Crippen molar-refractivity contribution in [2.75, 3.05) is 0 Å². The third-order valence-electron chi connectivity index (χ3n) is 10.2. The Balaban J connectivity index is 1.56. The quantitative estimate of drug-likeness (QED) is 0.460. The fraction of sp³-hybridized carbons (Fsp3) is 0.793. The van der Waals surface area contributed by atoms with Crippen LogP contribution in [-0.2, 0) is 0 Å². The largest absolute Gasteiger partial charge is 0.393 e. The van der Waals surface area contributed by atoms with Crippen LogP contribution in [-0.4, -0.2) is 11.2 Å². The van der Waals surface area contributed by atoms with Crippen molar-refractivity contribution >= 4 is 0 Å². The zero-order valence-electron chi connectivity index (χ0n) is 20.5. The molecule has 0 heterocycles. The van der Waals surface area contributed by atoms with Crippen LogP contribution in [0.3, 0.4) is 0 Å². The summed E-state index contributed by atoms with van der Waals surface area (Å²) < 4.78 is 0. The first kappa shape index (κ1) is 22.4. The molecule has 0 aromatic heterocycles. The molecule has 4 aliphatic carbocycles. The minimum absolute atomic E-state index is 0.116. The van der Waals surface area contributed by atoms with Crippen molar-refractivity contribution in [1.82, 2.24) is 0 Å². The molecule has 4 aliphatic rings. The van der Waals surface area contributed by atoms with Crippen molar-refractivity contribution in [3.8, 4) is 0 Å². The van der Waals surface area contributed by atoms with E-state index in [0.717, 1.165) is 42.4 Å². The lowest BCUT2D eigenvalue weighted by Crippen LogP contribution is -2.46. The zero-order valence-corrected chi connectivity index (χ0v) is 20.5. The van der Waals surface area contributed by atoms with Gasteiger partial charge in [-0.3, -0.25) is 0 Å². The van der Waals surface area contributed by atoms with E-state index in [-0.39, 0.29) is 6.10 Å². The van der Waals surface area contributed by atoms with Crippen LogP contribution in [0.4, 0.5) is 0 Å². The number of allylic oxidation sites excluding steroid dienone is 5. The van der Waals surface area contributed by atoms with Gasteiger partial charge >= 0.3 is 0 Å². The average molecular weight is 411 g/mol. The van der Waals surface area contributed by atoms with Gasteiger partial charge in [-0.25, -0.2) is 0 Å². The summed E-state index contributed by atoms with van der Waals surface area (Å²) in [7, 11) is 0. The average Bonchev–Trinajstić information content (AvgIpc) is 3.06. The first-order valence-corrected chi connectivity index (χ1v) is 13.0. The van der Waals surface area contributed by atoms with Gasteiger partial charge in [0.05, 0.1) is 6.10 Å². The highest BCUT2D eigenvalue weighted by molar-refractivity contribution is 5.39. The van der Waals surface area contributed by atoms with Gasteiger partial charge in [0, 0.05) is 0 Å². The highest BCUT2D eigenvalue weighted by Crippen LogP contribution is 2.66. The minimum atomic E-state index is -0.116. The smallest absolute Gasteiger partial charge is 0.0578 e. The molecule has 0 saturated heterocycles. The lowest BCUT2D eigenvalue weighted by atomic mass is 9.50. The maximum Gasteiger partial charge on any atom is 0.0578 e. The van der Waals surface area contributed by atoms with Gasteiger partial charge in [0.25, 0.3) is 0 Å². The van der Waals surface area contributed by atoms with E-state index in [1.807, 2.05) is 0 Å². The fourth-order valence-electron chi connectivity index (χ4n) is 8.17. The highest BCUT2D eigenvalue weighted by atomic mass is 16.3. The summed E-state index contributed by atoms with van der Waals surface area (Å²) in [5, 5.41) is 10.2. The Morgan fingerprint density at radius 1 is 1.00 bits per heavy atom. The number of aliphatic hydroxyl groups excluding tert-OH is 1. The molecule has 30 heavy (non-hydrogen) atoms. The van der Waals surface area contributed by atoms with Gasteiger partial charge in [-0.1, -0.05) is 77.0 Å². The topological polar surface area (TPSA) is 20.2 Å². The third kappa shape index (κ3) is 3.58. The standard InChI is InChI=1S/C29H46O/c1-7-21(19(2)3)9-8-20(4)25-12-13-26-24-11-10-22-18-23(30)14-16-28(22,5)27(24)15-17-29(25,26)6/h8-11,19-21,23,25-27,30H,7,12-18H2,1-6H3/b9-8+/t20-,21-,23+,25-,26-,27-,28+,29-/m1/s1. The molecule has 0 radical (unpaired) electrons. The highest BCUT2D eigenvalue weighted by Gasteiger charge is 2.56. The maximum absolute atomic E-state index is 10.2. The van der Waals surface area contributed by atoms with E-state index in [0.29, 0.717) is 16.7 Å². The van der Waals surface area contributed by atoms with Crippen LogP contribution in [0.15, 0.2) is 35.5 Å². The van der Waals surface area contributed by atoms with Crippen LogP contribution in [0.5, 0.6) is 0 Å². The number of fused-ring (bicyclic) bond motifs is 5. The summed E-state index contributed by atoms with van der Waals surface area (Å²) in [6, 6.07) is 0. The van der Waals surface area contributed by atoms with Crippen molar-refractivity contribution in [3.63, 3.8) is 0 Å². The van der Waals surface area contributed by atoms with Crippen molar-refractivity contribution in [1.29, 1.82) is 0 Å². The van der Waals surface area contributed by atoms with Crippen LogP contribution < -0.4 is 0 Å². The molecule has 0 aromatic carbocycles. The Kier molecular flexibility index (Phi) is 6.17. The number of rotatable bonds is 5. The molecular formula is C29H46O. The normalized spacial score (nSPS) is 42.9. The summed E-state index contributed by atoms with van der Waals surface area (Å²) in [5.74, 6) is 4.45. The summed E-state index contributed by atoms with van der Waals surface area (Å²) in [5.41, 5.74) is 4.07. The van der Waals surface area contributed by atoms with Crippen molar-refractivity contribution in [2.24, 2.45) is 46.3 Å². The predicted molar refractivity (Wildman–Crippen MR) is 128 cm³/mol. The Bertz CT molecular complexity index is 727. The summed E-state index contributed by atoms with van der Waals surface area (Å²) in [6.07, 6.45) is 19.7. The van der Waals surface area contributed by atoms with E-state index >= 15 is 0 Å². The Morgan fingerprint density at radius 3 is 2.47 bits per heavy atom. The first-order valence-electron chi connectivity index (χ1n) is 13.0. The lowest BCUT2D eigenvalue weighted by Gasteiger charge is -2.55. The maximum atomic E-state index is 10.2. The molecule has 0 amide bonds. The van der Waals surface area contributed by atoms with Gasteiger partial charge < -0.3 is 5.11 Å². The molecule has 3 saturated carbocycles. The van der Waals surface area contributed by atoms with Gasteiger partial charge in [0.1, 0.15) is 0 Å². The molecule has 4 rings (SSSR count). The molecule has 168 valence electrons. The van der Waals surface area contributed by atoms with Gasteiger partial charge in [0.15, 0.2) is 0 Å². The Morgan fingerprint density at radius 2 is 1.77 bits per heavy atom. The SMILES string of the molecule is CC[C@H](/C=C/[C@@H](C)[C@H]1CC[C@@H]2C3=CC=C4C[C@@H](O)CC[C@]4(C)[C@@H]3CC[C@@]21C)C(C)C. The Hall–Kier alpha value is -0.820. The van der Waals surface area contributed by atoms with E-state index in [2.05, 4.69) is 65.8 Å². The summed E-state index contributed by atoms with van der Waals surface area (Å²) in [4.78, 5) is 0. The molecule has 0 aromatic rings. The third-order valence-corrected chi connectivity index (χ3v) is 10.2. The van der Waals surface area contributed by atoms with E-state index in [1.54, 1.807) is 5.57 Å². The second-order valence-corrected chi connectivity index (χ2v) is 12.1. The molecule has 0 bridgehead atoms. The zero-order chi connectivity index (χ0) is 21.7. The molecule has 3 fully saturated rings. The summed E-state index contributed by atoms with van der Waals surface area (Å²) >= 11 is 0. The van der Waals surface area contributed by atoms with Crippen LogP contribution in [0, 0.1) is 46.3 Å². The summed E-state index contributed by atoms with van der Waals surface area (Å²) in [6.45, 7) is 14.7. The van der Waals surface area contributed by atoms with Crippen molar-refractivity contribution in [2.45, 2.75) is 99.0 Å². The van der Waals surface area contributed by atoms with Gasteiger partial charge in [0.2, 0.25) is 0 Å². The van der Waals surface area contributed by atoms with E-state index in [4.69, 9.17) is 0 Å². The van der Waals surface area contributed by atoms with E-state index in [1.165, 1.54) is 44.1 Å². The van der Waals surface area contributed by atoms with Crippen LogP contribution in [0.25, 0.3) is 0 Å². The van der Waals surface area contributed by atoms with Gasteiger partial charge in [-0.15, -0.1) is 0 Å². The van der Waals surface area contributed by atoms with Crippen molar-refractivity contribution < 1.29 is 5.11 Å². The van der Waals surface area contributed by atoms with E-state index in [9.17, 15) is 5.11 Å². The minimum Gasteiger partial charge on any atom is -0.393 e. The van der Waals surface area contributed by atoms with Crippen LogP contribution >= 0.6 is 0 Å². The molecule has 1 N–H and O–H groups in total. The number of hydrogen-bond donors (Lipinski definition) is 1. The second kappa shape index (κ2) is 8.27. The van der Waals surface area contributed by atoms with Crippen LogP contribution in [0.1, 0.15) is 92.9 Å². The lowest BCUT2D eigenvalue weighted by molar-refractivity contribution is 0.0382. The number of aliphatic hydroxyl groups is 1. The fourth-order valence-corrected chi connectivity index (χ4v) is 8.17. The molecule has 0 spiro atoms. The van der Waals surface area contributed by atoms with Gasteiger partial charge in [-0.05, 0) is 97.7 Å². The molecule has 0 aliphatic heterocycles. The van der Waals surface area contributed by atoms with Crippen LogP contribution in [0.2, 0.25) is 0 Å². The molecule has 0 unspecified atom stereocenters. The molecule has 8 atom stereocenters. The monoisotopic (exact) mass is 410 g/mol. The molecule has 1 heteroatoms. The van der Waals surface area contributed by atoms with Crippen molar-refractivity contribution in [3.05, 3.63) is 35.5 Å². The van der Waals surface area contributed by atoms with Gasteiger partial charge in [-0.2, -0.15) is 0 Å².